The molecule has 0 aliphatic heterocycles. The fraction of sp³-hybridized carbons (Fsp3) is 0.833. The number of hydrogen-bond donors (Lipinski definition) is 2. The summed E-state index contributed by atoms with van der Waals surface area (Å²) in [4.78, 5) is 2.13. The zero-order valence-corrected chi connectivity index (χ0v) is 10.4. The van der Waals surface area contributed by atoms with Crippen LogP contribution >= 0.6 is 0 Å². The van der Waals surface area contributed by atoms with E-state index in [1.54, 1.807) is 0 Å². The van der Waals surface area contributed by atoms with E-state index in [4.69, 9.17) is 5.11 Å². The van der Waals surface area contributed by atoms with E-state index in [2.05, 4.69) is 17.9 Å². The van der Waals surface area contributed by atoms with Crippen molar-refractivity contribution >= 4 is 0 Å². The molecule has 0 saturated carbocycles. The molecule has 0 saturated heterocycles. The smallest absolute Gasteiger partial charge is 0.0496 e. The minimum absolute atomic E-state index is 0.178. The minimum atomic E-state index is 0.178. The van der Waals surface area contributed by atoms with Crippen LogP contribution in [0.4, 0.5) is 0 Å². The summed E-state index contributed by atoms with van der Waals surface area (Å²) in [5.74, 6) is 0.623. The van der Waals surface area contributed by atoms with Gasteiger partial charge in [0.2, 0.25) is 0 Å². The maximum Gasteiger partial charge on any atom is 0.0496 e. The van der Waals surface area contributed by atoms with Crippen molar-refractivity contribution in [3.05, 3.63) is 11.6 Å². The van der Waals surface area contributed by atoms with Crippen LogP contribution in [-0.4, -0.2) is 49.0 Å². The lowest BCUT2D eigenvalue weighted by Crippen LogP contribution is -2.26. The Morgan fingerprint density at radius 3 is 2.33 bits per heavy atom. The van der Waals surface area contributed by atoms with Gasteiger partial charge in [-0.05, 0) is 33.4 Å². The van der Waals surface area contributed by atoms with E-state index in [1.807, 2.05) is 21.0 Å². The second-order valence-corrected chi connectivity index (χ2v) is 4.57. The highest BCUT2D eigenvalue weighted by Gasteiger charge is 2.14. The first-order valence-electron chi connectivity index (χ1n) is 5.55. The lowest BCUT2D eigenvalue weighted by molar-refractivity contribution is 0.190. The SMILES string of the molecule is C/C(=C\C(CO)C(C)CN(C)C)CCO. The van der Waals surface area contributed by atoms with Crippen molar-refractivity contribution in [3.63, 3.8) is 0 Å². The summed E-state index contributed by atoms with van der Waals surface area (Å²) in [6.07, 6.45) is 2.79. The van der Waals surface area contributed by atoms with Crippen molar-refractivity contribution in [3.8, 4) is 0 Å². The Morgan fingerprint density at radius 1 is 1.33 bits per heavy atom. The van der Waals surface area contributed by atoms with Gasteiger partial charge in [-0.25, -0.2) is 0 Å². The van der Waals surface area contributed by atoms with Crippen LogP contribution in [0.2, 0.25) is 0 Å². The molecule has 0 aromatic heterocycles. The normalized spacial score (nSPS) is 16.9. The third-order valence-corrected chi connectivity index (χ3v) is 2.60. The molecule has 0 spiro atoms. The van der Waals surface area contributed by atoms with Crippen molar-refractivity contribution in [2.24, 2.45) is 11.8 Å². The minimum Gasteiger partial charge on any atom is -0.396 e. The largest absolute Gasteiger partial charge is 0.396 e. The highest BCUT2D eigenvalue weighted by molar-refractivity contribution is 5.02. The molecule has 0 bridgehead atoms. The molecule has 2 N–H and O–H groups in total. The van der Waals surface area contributed by atoms with Gasteiger partial charge in [0.1, 0.15) is 0 Å². The maximum absolute atomic E-state index is 9.30. The average Bonchev–Trinajstić information content (AvgIpc) is 2.13. The first-order valence-corrected chi connectivity index (χ1v) is 5.55. The van der Waals surface area contributed by atoms with Gasteiger partial charge in [-0.1, -0.05) is 18.6 Å². The number of hydrogen-bond acceptors (Lipinski definition) is 3. The zero-order valence-electron chi connectivity index (χ0n) is 10.4. The van der Waals surface area contributed by atoms with E-state index < -0.39 is 0 Å². The molecular formula is C12H25NO2. The second kappa shape index (κ2) is 7.85. The molecule has 2 unspecified atom stereocenters. The van der Waals surface area contributed by atoms with Crippen LogP contribution < -0.4 is 0 Å². The Balaban J connectivity index is 4.28. The third kappa shape index (κ3) is 6.66. The summed E-state index contributed by atoms with van der Waals surface area (Å²) in [5.41, 5.74) is 1.15. The van der Waals surface area contributed by atoms with Gasteiger partial charge in [0, 0.05) is 25.7 Å². The molecule has 3 nitrogen and oxygen atoms in total. The van der Waals surface area contributed by atoms with E-state index in [9.17, 15) is 5.11 Å². The predicted octanol–water partition coefficient (Wildman–Crippen LogP) is 1.12. The molecule has 15 heavy (non-hydrogen) atoms. The molecule has 0 aliphatic carbocycles. The first kappa shape index (κ1) is 14.6. The quantitative estimate of drug-likeness (QED) is 0.626. The molecule has 2 atom stereocenters. The Kier molecular flexibility index (Phi) is 7.65. The van der Waals surface area contributed by atoms with Crippen LogP contribution in [0, 0.1) is 11.8 Å². The Hall–Kier alpha value is -0.380. The molecule has 0 amide bonds. The van der Waals surface area contributed by atoms with E-state index in [0.29, 0.717) is 12.3 Å². The summed E-state index contributed by atoms with van der Waals surface area (Å²) < 4.78 is 0. The molecule has 0 aromatic rings. The topological polar surface area (TPSA) is 43.7 Å². The molecule has 0 fully saturated rings. The molecule has 0 aliphatic rings. The summed E-state index contributed by atoms with van der Waals surface area (Å²) >= 11 is 0. The predicted molar refractivity (Wildman–Crippen MR) is 63.8 cm³/mol. The second-order valence-electron chi connectivity index (χ2n) is 4.57. The van der Waals surface area contributed by atoms with Crippen LogP contribution in [0.3, 0.4) is 0 Å². The molecular weight excluding hydrogens is 190 g/mol. The summed E-state index contributed by atoms with van der Waals surface area (Å²) in [5, 5.41) is 18.1. The third-order valence-electron chi connectivity index (χ3n) is 2.60. The summed E-state index contributed by atoms with van der Waals surface area (Å²) in [7, 11) is 4.07. The fourth-order valence-electron chi connectivity index (χ4n) is 1.73. The van der Waals surface area contributed by atoms with Crippen molar-refractivity contribution in [1.29, 1.82) is 0 Å². The van der Waals surface area contributed by atoms with Gasteiger partial charge >= 0.3 is 0 Å². The van der Waals surface area contributed by atoms with Crippen molar-refractivity contribution in [1.82, 2.24) is 4.90 Å². The van der Waals surface area contributed by atoms with Crippen LogP contribution in [0.15, 0.2) is 11.6 Å². The Morgan fingerprint density at radius 2 is 1.93 bits per heavy atom. The van der Waals surface area contributed by atoms with Gasteiger partial charge in [-0.3, -0.25) is 0 Å². The van der Waals surface area contributed by atoms with Gasteiger partial charge < -0.3 is 15.1 Å². The highest BCUT2D eigenvalue weighted by atomic mass is 16.3. The first-order chi connectivity index (χ1) is 7.01. The average molecular weight is 215 g/mol. The van der Waals surface area contributed by atoms with Crippen LogP contribution in [0.1, 0.15) is 20.3 Å². The van der Waals surface area contributed by atoms with Gasteiger partial charge in [0.25, 0.3) is 0 Å². The lowest BCUT2D eigenvalue weighted by atomic mass is 9.92. The molecule has 0 heterocycles. The summed E-state index contributed by atoms with van der Waals surface area (Å²) in [6.45, 7) is 5.47. The molecule has 0 aromatic carbocycles. The van der Waals surface area contributed by atoms with Crippen LogP contribution in [-0.2, 0) is 0 Å². The molecule has 0 rings (SSSR count). The standard InChI is InChI=1S/C12H25NO2/c1-10(5-6-14)7-12(9-15)11(2)8-13(3)4/h7,11-12,14-15H,5-6,8-9H2,1-4H3/b10-7+. The monoisotopic (exact) mass is 215 g/mol. The molecule has 0 radical (unpaired) electrons. The Labute approximate surface area is 93.4 Å². The van der Waals surface area contributed by atoms with E-state index in [0.717, 1.165) is 12.1 Å². The van der Waals surface area contributed by atoms with Crippen LogP contribution in [0.5, 0.6) is 0 Å². The number of nitrogens with zero attached hydrogens (tertiary/aromatic N) is 1. The van der Waals surface area contributed by atoms with Gasteiger partial charge in [0.05, 0.1) is 0 Å². The van der Waals surface area contributed by atoms with Crippen LogP contribution in [0.25, 0.3) is 0 Å². The van der Waals surface area contributed by atoms with E-state index in [1.165, 1.54) is 0 Å². The van der Waals surface area contributed by atoms with Gasteiger partial charge in [0.15, 0.2) is 0 Å². The molecule has 90 valence electrons. The number of rotatable bonds is 7. The number of aliphatic hydroxyl groups excluding tert-OH is 2. The molecule has 3 heteroatoms. The summed E-state index contributed by atoms with van der Waals surface area (Å²) in [6, 6.07) is 0. The fourth-order valence-corrected chi connectivity index (χ4v) is 1.73. The van der Waals surface area contributed by atoms with Gasteiger partial charge in [-0.15, -0.1) is 0 Å². The maximum atomic E-state index is 9.30. The zero-order chi connectivity index (χ0) is 11.8. The van der Waals surface area contributed by atoms with E-state index in [-0.39, 0.29) is 19.1 Å². The number of aliphatic hydroxyl groups is 2. The van der Waals surface area contributed by atoms with Crippen molar-refractivity contribution < 1.29 is 10.2 Å². The lowest BCUT2D eigenvalue weighted by Gasteiger charge is -2.23. The van der Waals surface area contributed by atoms with E-state index >= 15 is 0 Å². The van der Waals surface area contributed by atoms with Crippen molar-refractivity contribution in [2.75, 3.05) is 33.9 Å². The van der Waals surface area contributed by atoms with Gasteiger partial charge in [-0.2, -0.15) is 0 Å². The van der Waals surface area contributed by atoms with Crippen molar-refractivity contribution in [2.45, 2.75) is 20.3 Å². The Bertz CT molecular complexity index is 190. The highest BCUT2D eigenvalue weighted by Crippen LogP contribution is 2.16.